The first-order valence-electron chi connectivity index (χ1n) is 5.68. The Morgan fingerprint density at radius 3 is 2.56 bits per heavy atom. The molecular formula is C13H18N2O. The van der Waals surface area contributed by atoms with Crippen molar-refractivity contribution >= 4 is 5.90 Å². The third-order valence-electron chi connectivity index (χ3n) is 3.00. The molecular weight excluding hydrogens is 200 g/mol. The predicted octanol–water partition coefficient (Wildman–Crippen LogP) is 2.06. The largest absolute Gasteiger partial charge is 0.479 e. The highest BCUT2D eigenvalue weighted by Crippen LogP contribution is 2.22. The summed E-state index contributed by atoms with van der Waals surface area (Å²) >= 11 is 0. The van der Waals surface area contributed by atoms with Crippen molar-refractivity contribution in [3.05, 3.63) is 35.4 Å². The van der Waals surface area contributed by atoms with E-state index in [1.807, 2.05) is 0 Å². The first-order chi connectivity index (χ1) is 7.68. The van der Waals surface area contributed by atoms with Gasteiger partial charge in [-0.2, -0.15) is 0 Å². The first kappa shape index (κ1) is 11.1. The molecule has 0 saturated heterocycles. The molecule has 3 nitrogen and oxygen atoms in total. The number of nitrogens with two attached hydrogens (primary N) is 1. The summed E-state index contributed by atoms with van der Waals surface area (Å²) in [6.07, 6.45) is 0. The van der Waals surface area contributed by atoms with Crippen molar-refractivity contribution in [1.29, 1.82) is 0 Å². The summed E-state index contributed by atoms with van der Waals surface area (Å²) in [5.74, 6) is 0.943. The topological polar surface area (TPSA) is 47.6 Å². The second-order valence-electron chi connectivity index (χ2n) is 4.29. The number of hydrogen-bond acceptors (Lipinski definition) is 3. The van der Waals surface area contributed by atoms with E-state index in [0.717, 1.165) is 18.0 Å². The standard InChI is InChI=1S/C13H18N2O/c1-9-3-5-11(6-4-9)12(14)10(2)13-15-7-8-16-13/h3-6,10,12H,7-8,14H2,1-2H3/t10-,12+/m0/s1. The van der Waals surface area contributed by atoms with Crippen LogP contribution in [0, 0.1) is 12.8 Å². The molecule has 3 heteroatoms. The molecule has 0 unspecified atom stereocenters. The van der Waals surface area contributed by atoms with Gasteiger partial charge in [0.25, 0.3) is 0 Å². The van der Waals surface area contributed by atoms with Gasteiger partial charge in [0.05, 0.1) is 12.5 Å². The first-order valence-corrected chi connectivity index (χ1v) is 5.68. The van der Waals surface area contributed by atoms with Gasteiger partial charge in [-0.25, -0.2) is 0 Å². The van der Waals surface area contributed by atoms with Crippen LogP contribution in [0.15, 0.2) is 29.3 Å². The number of aliphatic imine (C=N–C) groups is 1. The van der Waals surface area contributed by atoms with Crippen LogP contribution in [0.2, 0.25) is 0 Å². The van der Waals surface area contributed by atoms with Crippen molar-refractivity contribution in [3.8, 4) is 0 Å². The van der Waals surface area contributed by atoms with E-state index in [1.165, 1.54) is 5.56 Å². The van der Waals surface area contributed by atoms with Crippen molar-refractivity contribution in [2.45, 2.75) is 19.9 Å². The maximum atomic E-state index is 6.21. The monoisotopic (exact) mass is 218 g/mol. The molecule has 1 aromatic rings. The highest BCUT2D eigenvalue weighted by Gasteiger charge is 2.23. The van der Waals surface area contributed by atoms with Crippen LogP contribution in [0.25, 0.3) is 0 Å². The molecule has 1 heterocycles. The van der Waals surface area contributed by atoms with E-state index in [-0.39, 0.29) is 12.0 Å². The molecule has 0 aliphatic carbocycles. The molecule has 0 radical (unpaired) electrons. The minimum atomic E-state index is -0.0440. The summed E-state index contributed by atoms with van der Waals surface area (Å²) in [6.45, 7) is 5.60. The summed E-state index contributed by atoms with van der Waals surface area (Å²) in [5, 5.41) is 0. The van der Waals surface area contributed by atoms with Gasteiger partial charge in [0, 0.05) is 6.04 Å². The zero-order valence-corrected chi connectivity index (χ0v) is 9.81. The summed E-state index contributed by atoms with van der Waals surface area (Å²) < 4.78 is 5.45. The van der Waals surface area contributed by atoms with E-state index in [2.05, 4.69) is 43.1 Å². The lowest BCUT2D eigenvalue weighted by Gasteiger charge is -2.19. The Kier molecular flexibility index (Phi) is 3.25. The quantitative estimate of drug-likeness (QED) is 0.844. The second kappa shape index (κ2) is 4.66. The Hall–Kier alpha value is -1.35. The molecule has 0 aromatic heterocycles. The fourth-order valence-corrected chi connectivity index (χ4v) is 1.86. The van der Waals surface area contributed by atoms with Gasteiger partial charge in [0.2, 0.25) is 0 Å². The smallest absolute Gasteiger partial charge is 0.188 e. The minimum absolute atomic E-state index is 0.0440. The Labute approximate surface area is 96.3 Å². The van der Waals surface area contributed by atoms with E-state index in [0.29, 0.717) is 6.61 Å². The lowest BCUT2D eigenvalue weighted by Crippen LogP contribution is -2.26. The Morgan fingerprint density at radius 1 is 1.31 bits per heavy atom. The van der Waals surface area contributed by atoms with Gasteiger partial charge in [0.1, 0.15) is 6.61 Å². The van der Waals surface area contributed by atoms with Gasteiger partial charge in [-0.05, 0) is 12.5 Å². The molecule has 86 valence electrons. The second-order valence-corrected chi connectivity index (χ2v) is 4.29. The highest BCUT2D eigenvalue weighted by atomic mass is 16.5. The number of rotatable bonds is 3. The third-order valence-corrected chi connectivity index (χ3v) is 3.00. The molecule has 1 aromatic carbocycles. The van der Waals surface area contributed by atoms with Gasteiger partial charge in [0.15, 0.2) is 5.90 Å². The molecule has 1 aliphatic heterocycles. The molecule has 0 spiro atoms. The Bertz CT molecular complexity index is 383. The minimum Gasteiger partial charge on any atom is -0.479 e. The molecule has 2 N–H and O–H groups in total. The molecule has 2 rings (SSSR count). The normalized spacial score (nSPS) is 18.8. The zero-order chi connectivity index (χ0) is 11.5. The zero-order valence-electron chi connectivity index (χ0n) is 9.81. The lowest BCUT2D eigenvalue weighted by molar-refractivity contribution is 0.316. The molecule has 0 amide bonds. The third kappa shape index (κ3) is 2.25. The maximum Gasteiger partial charge on any atom is 0.188 e. The summed E-state index contributed by atoms with van der Waals surface area (Å²) in [6, 6.07) is 8.27. The predicted molar refractivity (Wildman–Crippen MR) is 65.5 cm³/mol. The van der Waals surface area contributed by atoms with Crippen molar-refractivity contribution in [1.82, 2.24) is 0 Å². The molecule has 0 fully saturated rings. The van der Waals surface area contributed by atoms with E-state index >= 15 is 0 Å². The van der Waals surface area contributed by atoms with Crippen LogP contribution < -0.4 is 5.73 Å². The van der Waals surface area contributed by atoms with Crippen LogP contribution in [0.1, 0.15) is 24.1 Å². The van der Waals surface area contributed by atoms with Crippen molar-refractivity contribution in [2.24, 2.45) is 16.6 Å². The van der Waals surface area contributed by atoms with E-state index < -0.39 is 0 Å². The van der Waals surface area contributed by atoms with Crippen LogP contribution in [0.4, 0.5) is 0 Å². The summed E-state index contributed by atoms with van der Waals surface area (Å²) in [4.78, 5) is 4.31. The van der Waals surface area contributed by atoms with E-state index in [9.17, 15) is 0 Å². The van der Waals surface area contributed by atoms with Gasteiger partial charge in [-0.3, -0.25) is 4.99 Å². The molecule has 1 aliphatic rings. The van der Waals surface area contributed by atoms with Gasteiger partial charge in [-0.15, -0.1) is 0 Å². The number of benzene rings is 1. The number of nitrogens with zero attached hydrogens (tertiary/aromatic N) is 1. The van der Waals surface area contributed by atoms with Crippen LogP contribution in [0.3, 0.4) is 0 Å². The van der Waals surface area contributed by atoms with E-state index in [4.69, 9.17) is 10.5 Å². The molecule has 2 atom stereocenters. The van der Waals surface area contributed by atoms with Crippen molar-refractivity contribution < 1.29 is 4.74 Å². The summed E-state index contributed by atoms with van der Waals surface area (Å²) in [5.41, 5.74) is 8.59. The fourth-order valence-electron chi connectivity index (χ4n) is 1.86. The Morgan fingerprint density at radius 2 is 2.00 bits per heavy atom. The van der Waals surface area contributed by atoms with Crippen LogP contribution >= 0.6 is 0 Å². The van der Waals surface area contributed by atoms with E-state index in [1.54, 1.807) is 0 Å². The molecule has 16 heavy (non-hydrogen) atoms. The van der Waals surface area contributed by atoms with Crippen LogP contribution in [-0.2, 0) is 4.74 Å². The Balaban J connectivity index is 2.11. The average molecular weight is 218 g/mol. The molecule has 0 bridgehead atoms. The lowest BCUT2D eigenvalue weighted by atomic mass is 9.94. The van der Waals surface area contributed by atoms with Gasteiger partial charge < -0.3 is 10.5 Å². The van der Waals surface area contributed by atoms with Crippen molar-refractivity contribution in [2.75, 3.05) is 13.2 Å². The maximum absolute atomic E-state index is 6.21. The number of aryl methyl sites for hydroxylation is 1. The summed E-state index contributed by atoms with van der Waals surface area (Å²) in [7, 11) is 0. The van der Waals surface area contributed by atoms with Crippen molar-refractivity contribution in [3.63, 3.8) is 0 Å². The molecule has 0 saturated carbocycles. The SMILES string of the molecule is Cc1ccc([C@H](N)[C@H](C)C2=NCCO2)cc1. The average Bonchev–Trinajstić information content (AvgIpc) is 2.81. The van der Waals surface area contributed by atoms with Crippen LogP contribution in [0.5, 0.6) is 0 Å². The highest BCUT2D eigenvalue weighted by molar-refractivity contribution is 5.80. The fraction of sp³-hybridized carbons (Fsp3) is 0.462. The van der Waals surface area contributed by atoms with Gasteiger partial charge >= 0.3 is 0 Å². The number of hydrogen-bond donors (Lipinski definition) is 1. The van der Waals surface area contributed by atoms with Gasteiger partial charge in [-0.1, -0.05) is 36.8 Å². The number of ether oxygens (including phenoxy) is 1. The van der Waals surface area contributed by atoms with Crippen LogP contribution in [-0.4, -0.2) is 19.0 Å².